The zero-order valence-electron chi connectivity index (χ0n) is 11.5. The molecule has 0 radical (unpaired) electrons. The fraction of sp³-hybridized carbons (Fsp3) is 1.00. The van der Waals surface area contributed by atoms with E-state index >= 15 is 0 Å². The van der Waals surface area contributed by atoms with E-state index in [9.17, 15) is 0 Å². The number of hydrogen-bond acceptors (Lipinski definition) is 0. The van der Waals surface area contributed by atoms with Gasteiger partial charge in [0.15, 0.2) is 0 Å². The summed E-state index contributed by atoms with van der Waals surface area (Å²) in [5.74, 6) is 2.87. The molecule has 0 bridgehead atoms. The molecule has 1 aliphatic carbocycles. The Morgan fingerprint density at radius 2 is 1.67 bits per heavy atom. The van der Waals surface area contributed by atoms with Crippen molar-refractivity contribution in [2.45, 2.75) is 73.1 Å². The molecule has 0 spiro atoms. The van der Waals surface area contributed by atoms with Crippen LogP contribution in [0.4, 0.5) is 0 Å². The monoisotopic (exact) mass is 210 g/mol. The lowest BCUT2D eigenvalue weighted by Gasteiger charge is -2.37. The molecule has 3 unspecified atom stereocenters. The summed E-state index contributed by atoms with van der Waals surface area (Å²) in [4.78, 5) is 0. The molecule has 0 aromatic carbocycles. The van der Waals surface area contributed by atoms with Gasteiger partial charge in [0.1, 0.15) is 0 Å². The molecule has 0 aromatic rings. The van der Waals surface area contributed by atoms with Gasteiger partial charge in [0.2, 0.25) is 0 Å². The molecule has 0 heterocycles. The van der Waals surface area contributed by atoms with Crippen LogP contribution in [0, 0.1) is 23.2 Å². The van der Waals surface area contributed by atoms with Gasteiger partial charge in [-0.2, -0.15) is 0 Å². The SMILES string of the molecule is CCCC1CC(C)CC(C)CC(C)(C)C1. The van der Waals surface area contributed by atoms with Crippen molar-refractivity contribution in [3.05, 3.63) is 0 Å². The highest BCUT2D eigenvalue weighted by Crippen LogP contribution is 2.41. The van der Waals surface area contributed by atoms with Crippen molar-refractivity contribution < 1.29 is 0 Å². The van der Waals surface area contributed by atoms with E-state index in [0.29, 0.717) is 5.41 Å². The van der Waals surface area contributed by atoms with E-state index in [1.165, 1.54) is 38.5 Å². The van der Waals surface area contributed by atoms with Crippen LogP contribution in [-0.4, -0.2) is 0 Å². The van der Waals surface area contributed by atoms with Crippen LogP contribution >= 0.6 is 0 Å². The predicted molar refractivity (Wildman–Crippen MR) is 69.0 cm³/mol. The molecule has 90 valence electrons. The average Bonchev–Trinajstić information content (AvgIpc) is 1.98. The molecule has 1 aliphatic rings. The first-order valence-corrected chi connectivity index (χ1v) is 6.93. The second-order valence-electron chi connectivity index (χ2n) is 6.91. The van der Waals surface area contributed by atoms with Gasteiger partial charge in [-0.3, -0.25) is 0 Å². The van der Waals surface area contributed by atoms with Crippen LogP contribution < -0.4 is 0 Å². The molecule has 0 aromatic heterocycles. The number of rotatable bonds is 2. The van der Waals surface area contributed by atoms with E-state index in [-0.39, 0.29) is 0 Å². The zero-order chi connectivity index (χ0) is 11.5. The van der Waals surface area contributed by atoms with E-state index in [2.05, 4.69) is 34.6 Å². The molecule has 0 N–H and O–H groups in total. The van der Waals surface area contributed by atoms with Gasteiger partial charge in [-0.1, -0.05) is 47.5 Å². The van der Waals surface area contributed by atoms with Gasteiger partial charge in [0, 0.05) is 0 Å². The maximum Gasteiger partial charge on any atom is -0.0349 e. The Morgan fingerprint density at radius 1 is 1.00 bits per heavy atom. The Labute approximate surface area is 96.8 Å². The summed E-state index contributed by atoms with van der Waals surface area (Å²) < 4.78 is 0. The maximum absolute atomic E-state index is 2.47. The highest BCUT2D eigenvalue weighted by atomic mass is 14.3. The molecule has 0 saturated heterocycles. The van der Waals surface area contributed by atoms with Crippen LogP contribution in [0.2, 0.25) is 0 Å². The van der Waals surface area contributed by atoms with Gasteiger partial charge >= 0.3 is 0 Å². The third kappa shape index (κ3) is 4.57. The largest absolute Gasteiger partial charge is 0.0654 e. The van der Waals surface area contributed by atoms with Crippen LogP contribution in [0.25, 0.3) is 0 Å². The fourth-order valence-electron chi connectivity index (χ4n) is 3.96. The van der Waals surface area contributed by atoms with Gasteiger partial charge in [0.05, 0.1) is 0 Å². The topological polar surface area (TPSA) is 0 Å². The molecule has 1 fully saturated rings. The summed E-state index contributed by atoms with van der Waals surface area (Å²) in [6, 6.07) is 0. The Morgan fingerprint density at radius 3 is 2.27 bits per heavy atom. The molecule has 15 heavy (non-hydrogen) atoms. The molecule has 0 amide bonds. The standard InChI is InChI=1S/C15H30/c1-6-7-14-9-12(2)8-13(3)10-15(4,5)11-14/h12-14H,6-11H2,1-5H3. The minimum atomic E-state index is 0.583. The summed E-state index contributed by atoms with van der Waals surface area (Å²) in [7, 11) is 0. The lowest BCUT2D eigenvalue weighted by molar-refractivity contribution is 0.145. The van der Waals surface area contributed by atoms with Crippen molar-refractivity contribution in [3.8, 4) is 0 Å². The Balaban J connectivity index is 2.61. The molecule has 3 atom stereocenters. The summed E-state index contributed by atoms with van der Waals surface area (Å²) in [5.41, 5.74) is 0.583. The van der Waals surface area contributed by atoms with E-state index in [4.69, 9.17) is 0 Å². The van der Waals surface area contributed by atoms with Gasteiger partial charge in [-0.25, -0.2) is 0 Å². The van der Waals surface area contributed by atoms with Crippen LogP contribution in [0.15, 0.2) is 0 Å². The fourth-order valence-corrected chi connectivity index (χ4v) is 3.96. The lowest BCUT2D eigenvalue weighted by Crippen LogP contribution is -2.25. The van der Waals surface area contributed by atoms with Crippen molar-refractivity contribution in [1.82, 2.24) is 0 Å². The maximum atomic E-state index is 2.47. The van der Waals surface area contributed by atoms with Crippen LogP contribution in [0.5, 0.6) is 0 Å². The second-order valence-corrected chi connectivity index (χ2v) is 6.91. The molecular weight excluding hydrogens is 180 g/mol. The summed E-state index contributed by atoms with van der Waals surface area (Å²) in [6.45, 7) is 12.2. The summed E-state index contributed by atoms with van der Waals surface area (Å²) >= 11 is 0. The average molecular weight is 210 g/mol. The van der Waals surface area contributed by atoms with Crippen molar-refractivity contribution in [2.24, 2.45) is 23.2 Å². The third-order valence-corrected chi connectivity index (χ3v) is 3.98. The second kappa shape index (κ2) is 5.37. The minimum absolute atomic E-state index is 0.583. The Kier molecular flexibility index (Phi) is 4.67. The first-order valence-electron chi connectivity index (χ1n) is 6.93. The molecule has 0 heteroatoms. The van der Waals surface area contributed by atoms with Crippen molar-refractivity contribution in [2.75, 3.05) is 0 Å². The first kappa shape index (κ1) is 13.1. The van der Waals surface area contributed by atoms with Gasteiger partial charge in [-0.05, 0) is 48.9 Å². The molecule has 0 nitrogen and oxygen atoms in total. The first-order chi connectivity index (χ1) is 6.93. The molecule has 1 saturated carbocycles. The van der Waals surface area contributed by atoms with Crippen LogP contribution in [0.1, 0.15) is 73.1 Å². The molecule has 1 rings (SSSR count). The highest BCUT2D eigenvalue weighted by molar-refractivity contribution is 4.80. The van der Waals surface area contributed by atoms with Crippen LogP contribution in [-0.2, 0) is 0 Å². The minimum Gasteiger partial charge on any atom is -0.0654 e. The Hall–Kier alpha value is 0. The van der Waals surface area contributed by atoms with E-state index in [1.54, 1.807) is 0 Å². The van der Waals surface area contributed by atoms with E-state index in [0.717, 1.165) is 17.8 Å². The molecule has 0 aliphatic heterocycles. The molecular formula is C15H30. The van der Waals surface area contributed by atoms with Crippen molar-refractivity contribution >= 4 is 0 Å². The van der Waals surface area contributed by atoms with Gasteiger partial charge in [0.25, 0.3) is 0 Å². The highest BCUT2D eigenvalue weighted by Gasteiger charge is 2.29. The van der Waals surface area contributed by atoms with Gasteiger partial charge in [-0.15, -0.1) is 0 Å². The van der Waals surface area contributed by atoms with Crippen molar-refractivity contribution in [3.63, 3.8) is 0 Å². The smallest absolute Gasteiger partial charge is 0.0349 e. The zero-order valence-corrected chi connectivity index (χ0v) is 11.5. The summed E-state index contributed by atoms with van der Waals surface area (Å²) in [6.07, 6.45) is 8.61. The summed E-state index contributed by atoms with van der Waals surface area (Å²) in [5, 5.41) is 0. The quantitative estimate of drug-likeness (QED) is 0.582. The lowest BCUT2D eigenvalue weighted by atomic mass is 9.69. The van der Waals surface area contributed by atoms with Gasteiger partial charge < -0.3 is 0 Å². The van der Waals surface area contributed by atoms with E-state index in [1.807, 2.05) is 0 Å². The van der Waals surface area contributed by atoms with Crippen LogP contribution in [0.3, 0.4) is 0 Å². The normalized spacial score (nSPS) is 37.0. The van der Waals surface area contributed by atoms with Crippen molar-refractivity contribution in [1.29, 1.82) is 0 Å². The number of hydrogen-bond donors (Lipinski definition) is 0. The third-order valence-electron chi connectivity index (χ3n) is 3.98. The van der Waals surface area contributed by atoms with E-state index < -0.39 is 0 Å². The Bertz CT molecular complexity index is 180. The predicted octanol–water partition coefficient (Wildman–Crippen LogP) is 5.28.